The minimum Gasteiger partial charge on any atom is -0.495 e. The molecule has 36 heavy (non-hydrogen) atoms. The predicted octanol–water partition coefficient (Wildman–Crippen LogP) is 4.98. The monoisotopic (exact) mass is 528 g/mol. The summed E-state index contributed by atoms with van der Waals surface area (Å²) in [5.74, 6) is -1.37. The maximum atomic E-state index is 13.3. The molecule has 0 bridgehead atoms. The van der Waals surface area contributed by atoms with Crippen LogP contribution in [-0.2, 0) is 9.59 Å². The van der Waals surface area contributed by atoms with E-state index in [0.29, 0.717) is 28.4 Å². The summed E-state index contributed by atoms with van der Waals surface area (Å²) in [7, 11) is 1.44. The lowest BCUT2D eigenvalue weighted by molar-refractivity contribution is -0.384. The van der Waals surface area contributed by atoms with Gasteiger partial charge < -0.3 is 9.30 Å². The minimum atomic E-state index is -0.960. The molecule has 1 aliphatic heterocycles. The van der Waals surface area contributed by atoms with Crippen molar-refractivity contribution in [3.05, 3.63) is 85.1 Å². The summed E-state index contributed by atoms with van der Waals surface area (Å²) < 4.78 is 7.10. The molecule has 0 atom stereocenters. The van der Waals surface area contributed by atoms with Crippen LogP contribution in [0.4, 0.5) is 16.2 Å². The van der Waals surface area contributed by atoms with Gasteiger partial charge in [0, 0.05) is 23.5 Å². The number of hydrogen-bond donors (Lipinski definition) is 1. The van der Waals surface area contributed by atoms with Crippen molar-refractivity contribution in [3.8, 4) is 11.4 Å². The predicted molar refractivity (Wildman–Crippen MR) is 134 cm³/mol. The number of imide groups is 2. The van der Waals surface area contributed by atoms with Crippen LogP contribution in [0, 0.1) is 24.0 Å². The molecular formula is C24H18Cl2N4O6. The third-order valence-electron chi connectivity index (χ3n) is 5.66. The van der Waals surface area contributed by atoms with Gasteiger partial charge in [-0.05, 0) is 49.8 Å². The quantitative estimate of drug-likeness (QED) is 0.215. The Morgan fingerprint density at radius 2 is 1.78 bits per heavy atom. The van der Waals surface area contributed by atoms with Crippen LogP contribution >= 0.6 is 23.2 Å². The van der Waals surface area contributed by atoms with Crippen LogP contribution in [0.25, 0.3) is 11.8 Å². The number of rotatable bonds is 5. The summed E-state index contributed by atoms with van der Waals surface area (Å²) in [4.78, 5) is 50.0. The van der Waals surface area contributed by atoms with Crippen LogP contribution in [0.5, 0.6) is 5.75 Å². The van der Waals surface area contributed by atoms with Gasteiger partial charge in [-0.25, -0.2) is 9.69 Å². The lowest BCUT2D eigenvalue weighted by Crippen LogP contribution is -2.54. The first-order chi connectivity index (χ1) is 17.0. The Hall–Kier alpha value is -4.15. The third kappa shape index (κ3) is 4.21. The number of nitro groups is 1. The number of non-ortho nitro benzene ring substituents is 1. The molecule has 1 aromatic heterocycles. The SMILES string of the molecule is COc1ccc([N+](=O)[O-])cc1-n1c(C)cc(/C=C2\C(=O)NC(=O)N(c3cccc(Cl)c3Cl)C2=O)c1C. The number of anilines is 1. The molecular weight excluding hydrogens is 511 g/mol. The highest BCUT2D eigenvalue weighted by molar-refractivity contribution is 6.46. The Bertz CT molecular complexity index is 1490. The number of methoxy groups -OCH3 is 1. The lowest BCUT2D eigenvalue weighted by Gasteiger charge is -2.27. The van der Waals surface area contributed by atoms with Crippen molar-refractivity contribution >= 4 is 58.5 Å². The Morgan fingerprint density at radius 3 is 2.44 bits per heavy atom. The van der Waals surface area contributed by atoms with E-state index in [9.17, 15) is 24.5 Å². The van der Waals surface area contributed by atoms with Crippen LogP contribution < -0.4 is 15.0 Å². The van der Waals surface area contributed by atoms with Gasteiger partial charge in [0.2, 0.25) is 0 Å². The molecule has 1 N–H and O–H groups in total. The fourth-order valence-corrected chi connectivity index (χ4v) is 4.35. The zero-order valence-corrected chi connectivity index (χ0v) is 20.7. The van der Waals surface area contributed by atoms with E-state index < -0.39 is 22.8 Å². The molecule has 1 saturated heterocycles. The molecule has 0 saturated carbocycles. The summed E-state index contributed by atoms with van der Waals surface area (Å²) in [6.07, 6.45) is 1.35. The van der Waals surface area contributed by atoms with Gasteiger partial charge in [-0.1, -0.05) is 29.3 Å². The first kappa shape index (κ1) is 25.0. The largest absolute Gasteiger partial charge is 0.495 e. The molecule has 12 heteroatoms. The maximum Gasteiger partial charge on any atom is 0.336 e. The van der Waals surface area contributed by atoms with Crippen LogP contribution in [0.15, 0.2) is 48.0 Å². The number of ether oxygens (including phenoxy) is 1. The van der Waals surface area contributed by atoms with Crippen molar-refractivity contribution in [2.24, 2.45) is 0 Å². The van der Waals surface area contributed by atoms with Gasteiger partial charge in [-0.2, -0.15) is 0 Å². The van der Waals surface area contributed by atoms with E-state index in [0.717, 1.165) is 4.90 Å². The van der Waals surface area contributed by atoms with Gasteiger partial charge in [0.25, 0.3) is 17.5 Å². The molecule has 0 unspecified atom stereocenters. The fourth-order valence-electron chi connectivity index (χ4n) is 3.97. The average molecular weight is 529 g/mol. The van der Waals surface area contributed by atoms with Crippen LogP contribution in [-0.4, -0.2) is 34.4 Å². The normalized spacial score (nSPS) is 14.9. The number of hydrogen-bond acceptors (Lipinski definition) is 6. The molecule has 1 fully saturated rings. The van der Waals surface area contributed by atoms with Crippen molar-refractivity contribution in [2.45, 2.75) is 13.8 Å². The molecule has 1 aliphatic rings. The number of nitro benzene ring substituents is 1. The number of carbonyl (C=O) groups excluding carboxylic acids is 3. The summed E-state index contributed by atoms with van der Waals surface area (Å²) in [5.41, 5.74) is 1.71. The Labute approximate surface area is 214 Å². The molecule has 2 aromatic carbocycles. The van der Waals surface area contributed by atoms with E-state index in [2.05, 4.69) is 5.32 Å². The van der Waals surface area contributed by atoms with Crippen LogP contribution in [0.2, 0.25) is 10.0 Å². The number of aryl methyl sites for hydroxylation is 1. The van der Waals surface area contributed by atoms with Gasteiger partial charge in [-0.15, -0.1) is 0 Å². The van der Waals surface area contributed by atoms with Crippen molar-refractivity contribution < 1.29 is 24.0 Å². The Kier molecular flexibility index (Phi) is 6.57. The summed E-state index contributed by atoms with van der Waals surface area (Å²) >= 11 is 12.2. The minimum absolute atomic E-state index is 0.0210. The maximum absolute atomic E-state index is 13.3. The second kappa shape index (κ2) is 9.48. The van der Waals surface area contributed by atoms with Gasteiger partial charge in [0.1, 0.15) is 11.3 Å². The summed E-state index contributed by atoms with van der Waals surface area (Å²) in [6, 6.07) is 9.38. The lowest BCUT2D eigenvalue weighted by atomic mass is 10.1. The number of nitrogens with zero attached hydrogens (tertiary/aromatic N) is 3. The van der Waals surface area contributed by atoms with Crippen LogP contribution in [0.1, 0.15) is 17.0 Å². The van der Waals surface area contributed by atoms with Gasteiger partial charge in [0.05, 0.1) is 33.5 Å². The number of urea groups is 1. The van der Waals surface area contributed by atoms with E-state index in [-0.39, 0.29) is 27.0 Å². The molecule has 0 aliphatic carbocycles. The standard InChI is InChI=1S/C24H18Cl2N4O6/c1-12-9-14(13(2)28(12)19-11-15(30(34)35)7-8-20(19)36-3)10-16-22(31)27-24(33)29(23(16)32)18-6-4-5-17(25)21(18)26/h4-11H,1-3H3,(H,27,31,33)/b16-10+. The van der Waals surface area contributed by atoms with Crippen LogP contribution in [0.3, 0.4) is 0 Å². The second-order valence-corrected chi connectivity index (χ2v) is 8.59. The Balaban J connectivity index is 1.83. The second-order valence-electron chi connectivity index (χ2n) is 7.81. The molecule has 2 heterocycles. The molecule has 0 spiro atoms. The average Bonchev–Trinajstić information content (AvgIpc) is 3.11. The highest BCUT2D eigenvalue weighted by Gasteiger charge is 2.38. The zero-order chi connectivity index (χ0) is 26.3. The van der Waals surface area contributed by atoms with E-state index >= 15 is 0 Å². The van der Waals surface area contributed by atoms with Gasteiger partial charge in [-0.3, -0.25) is 25.0 Å². The molecule has 4 rings (SSSR count). The molecule has 4 amide bonds. The Morgan fingerprint density at radius 1 is 1.06 bits per heavy atom. The number of nitrogens with one attached hydrogen (secondary N) is 1. The molecule has 3 aromatic rings. The number of barbiturate groups is 1. The van der Waals surface area contributed by atoms with Crippen molar-refractivity contribution in [2.75, 3.05) is 12.0 Å². The summed E-state index contributed by atoms with van der Waals surface area (Å²) in [6.45, 7) is 3.48. The fraction of sp³-hybridized carbons (Fsp3) is 0.125. The number of carbonyl (C=O) groups is 3. The van der Waals surface area contributed by atoms with Crippen molar-refractivity contribution in [3.63, 3.8) is 0 Å². The zero-order valence-electron chi connectivity index (χ0n) is 19.2. The summed E-state index contributed by atoms with van der Waals surface area (Å²) in [5, 5.41) is 13.6. The number of benzene rings is 2. The highest BCUT2D eigenvalue weighted by atomic mass is 35.5. The van der Waals surface area contributed by atoms with E-state index in [1.807, 2.05) is 0 Å². The topological polar surface area (TPSA) is 124 Å². The first-order valence-corrected chi connectivity index (χ1v) is 11.2. The number of amides is 4. The van der Waals surface area contributed by atoms with E-state index in [4.69, 9.17) is 27.9 Å². The number of aromatic nitrogens is 1. The van der Waals surface area contributed by atoms with Gasteiger partial charge >= 0.3 is 6.03 Å². The van der Waals surface area contributed by atoms with Gasteiger partial charge in [0.15, 0.2) is 0 Å². The first-order valence-electron chi connectivity index (χ1n) is 10.4. The van der Waals surface area contributed by atoms with E-state index in [1.54, 1.807) is 24.5 Å². The number of halogens is 2. The molecule has 10 nitrogen and oxygen atoms in total. The smallest absolute Gasteiger partial charge is 0.336 e. The third-order valence-corrected chi connectivity index (χ3v) is 6.47. The molecule has 184 valence electrons. The van der Waals surface area contributed by atoms with E-state index in [1.165, 1.54) is 49.6 Å². The highest BCUT2D eigenvalue weighted by Crippen LogP contribution is 2.35. The van der Waals surface area contributed by atoms with Crippen molar-refractivity contribution in [1.29, 1.82) is 0 Å². The van der Waals surface area contributed by atoms with Crippen molar-refractivity contribution in [1.82, 2.24) is 9.88 Å². The molecule has 0 radical (unpaired) electrons.